The fourth-order valence-corrected chi connectivity index (χ4v) is 2.94. The smallest absolute Gasteiger partial charge is 0.162 e. The molecule has 0 fully saturated rings. The molecule has 3 aromatic rings. The first-order valence-corrected chi connectivity index (χ1v) is 8.87. The summed E-state index contributed by atoms with van der Waals surface area (Å²) >= 11 is -2.32. The normalized spacial score (nSPS) is 11.8. The van der Waals surface area contributed by atoms with Crippen LogP contribution in [-0.2, 0) is 17.8 Å². The van der Waals surface area contributed by atoms with Gasteiger partial charge in [0, 0.05) is 46.8 Å². The van der Waals surface area contributed by atoms with Gasteiger partial charge in [0.15, 0.2) is 11.5 Å². The quantitative estimate of drug-likeness (QED) is 0.619. The van der Waals surface area contributed by atoms with Gasteiger partial charge in [0.2, 0.25) is 0 Å². The zero-order chi connectivity index (χ0) is 18.5. The Kier molecular flexibility index (Phi) is 5.55. The molecule has 0 saturated heterocycles. The third kappa shape index (κ3) is 4.04. The second kappa shape index (κ2) is 8.03. The number of hydrogen-bond acceptors (Lipinski definition) is 6. The molecule has 2 aromatic carbocycles. The van der Waals surface area contributed by atoms with Crippen molar-refractivity contribution in [3.63, 3.8) is 0 Å². The number of methoxy groups -OCH3 is 2. The Morgan fingerprint density at radius 1 is 1.08 bits per heavy atom. The van der Waals surface area contributed by atoms with Gasteiger partial charge in [0.05, 0.1) is 19.7 Å². The maximum Gasteiger partial charge on any atom is 0.162 e. The van der Waals surface area contributed by atoms with E-state index in [2.05, 4.69) is 15.0 Å². The van der Waals surface area contributed by atoms with Crippen LogP contribution in [0.15, 0.2) is 48.7 Å². The fourth-order valence-electron chi connectivity index (χ4n) is 2.61. The van der Waals surface area contributed by atoms with Gasteiger partial charge in [0.1, 0.15) is 0 Å². The maximum atomic E-state index is 10.6. The van der Waals surface area contributed by atoms with Gasteiger partial charge in [-0.2, -0.15) is 0 Å². The van der Waals surface area contributed by atoms with Crippen molar-refractivity contribution in [1.82, 2.24) is 4.98 Å². The molecule has 1 aromatic heterocycles. The largest absolute Gasteiger partial charge is 0.755 e. The highest BCUT2D eigenvalue weighted by atomic mass is 32.2. The van der Waals surface area contributed by atoms with Crippen molar-refractivity contribution in [2.45, 2.75) is 6.54 Å². The van der Waals surface area contributed by atoms with E-state index in [-0.39, 0.29) is 0 Å². The van der Waals surface area contributed by atoms with Crippen LogP contribution < -0.4 is 19.5 Å². The lowest BCUT2D eigenvalue weighted by molar-refractivity contribution is 0.356. The molecule has 0 amide bonds. The van der Waals surface area contributed by atoms with Crippen molar-refractivity contribution in [3.05, 3.63) is 54.2 Å². The fraction of sp³-hybridized carbons (Fsp3) is 0.167. The average Bonchev–Trinajstić information content (AvgIpc) is 2.65. The molecule has 1 atom stereocenters. The second-order valence-electron chi connectivity index (χ2n) is 5.47. The molecule has 0 radical (unpaired) electrons. The highest BCUT2D eigenvalue weighted by molar-refractivity contribution is 7.80. The number of anilines is 2. The predicted octanol–water partition coefficient (Wildman–Crippen LogP) is 3.07. The first kappa shape index (κ1) is 18.0. The molecule has 2 N–H and O–H groups in total. The number of nitrogens with one attached hydrogen (secondary N) is 2. The van der Waals surface area contributed by atoms with Crippen LogP contribution in [0.4, 0.5) is 11.4 Å². The summed E-state index contributed by atoms with van der Waals surface area (Å²) in [6, 6.07) is 12.8. The third-order valence-electron chi connectivity index (χ3n) is 3.88. The van der Waals surface area contributed by atoms with Gasteiger partial charge in [-0.05, 0) is 29.8 Å². The number of fused-ring (bicyclic) bond motifs is 1. The molecule has 3 rings (SSSR count). The molecule has 0 aliphatic carbocycles. The zero-order valence-electron chi connectivity index (χ0n) is 14.3. The summed E-state index contributed by atoms with van der Waals surface area (Å²) in [5.74, 6) is 1.26. The second-order valence-corrected chi connectivity index (χ2v) is 6.14. The monoisotopic (exact) mass is 372 g/mol. The van der Waals surface area contributed by atoms with Gasteiger partial charge in [-0.15, -0.1) is 0 Å². The standard InChI is InChI=1S/C18H19N3O4S/c1-24-17-9-14-15(7-8-19-16(14)10-18(17)25-2)20-11-12-3-5-13(6-4-12)21-26(22)23/h3-10,21H,11H2,1-2H3,(H,19,20)(H,22,23)/p-1. The van der Waals surface area contributed by atoms with Crippen LogP contribution in [0.5, 0.6) is 11.5 Å². The number of nitrogens with zero attached hydrogens (tertiary/aromatic N) is 1. The molecule has 7 nitrogen and oxygen atoms in total. The number of aromatic nitrogens is 1. The number of ether oxygens (including phenoxy) is 2. The Bertz CT molecular complexity index is 932. The molecule has 136 valence electrons. The summed E-state index contributed by atoms with van der Waals surface area (Å²) in [7, 11) is 3.18. The summed E-state index contributed by atoms with van der Waals surface area (Å²) in [6.45, 7) is 0.578. The highest BCUT2D eigenvalue weighted by Gasteiger charge is 2.09. The number of hydrogen-bond donors (Lipinski definition) is 2. The Hall–Kier alpha value is -2.84. The summed E-state index contributed by atoms with van der Waals surface area (Å²) in [5.41, 5.74) is 3.25. The van der Waals surface area contributed by atoms with Crippen molar-refractivity contribution in [2.24, 2.45) is 0 Å². The summed E-state index contributed by atoms with van der Waals surface area (Å²) in [5, 5.41) is 4.30. The van der Waals surface area contributed by atoms with E-state index in [0.717, 1.165) is 22.2 Å². The number of pyridine rings is 1. The Labute approximate surface area is 153 Å². The van der Waals surface area contributed by atoms with Gasteiger partial charge in [0.25, 0.3) is 0 Å². The lowest BCUT2D eigenvalue weighted by Gasteiger charge is -2.13. The Morgan fingerprint density at radius 3 is 2.42 bits per heavy atom. The maximum absolute atomic E-state index is 10.6. The molecule has 0 aliphatic rings. The molecular weight excluding hydrogens is 354 g/mol. The van der Waals surface area contributed by atoms with E-state index in [1.807, 2.05) is 30.3 Å². The molecule has 8 heteroatoms. The van der Waals surface area contributed by atoms with Crippen molar-refractivity contribution in [2.75, 3.05) is 24.3 Å². The van der Waals surface area contributed by atoms with Gasteiger partial charge < -0.3 is 24.1 Å². The lowest BCUT2D eigenvalue weighted by Crippen LogP contribution is -2.03. The first-order valence-electron chi connectivity index (χ1n) is 7.80. The number of rotatable bonds is 7. The van der Waals surface area contributed by atoms with Crippen molar-refractivity contribution < 1.29 is 18.2 Å². The van der Waals surface area contributed by atoms with Crippen LogP contribution in [0.1, 0.15) is 5.56 Å². The molecule has 1 heterocycles. The minimum atomic E-state index is -2.32. The van der Waals surface area contributed by atoms with Crippen LogP contribution in [-0.4, -0.2) is 28.0 Å². The molecule has 26 heavy (non-hydrogen) atoms. The van der Waals surface area contributed by atoms with E-state index in [4.69, 9.17) is 9.47 Å². The van der Waals surface area contributed by atoms with Crippen molar-refractivity contribution >= 4 is 33.5 Å². The average molecular weight is 372 g/mol. The van der Waals surface area contributed by atoms with Crippen LogP contribution in [0, 0.1) is 0 Å². The molecule has 0 aliphatic heterocycles. The predicted molar refractivity (Wildman–Crippen MR) is 101 cm³/mol. The lowest BCUT2D eigenvalue weighted by atomic mass is 10.1. The van der Waals surface area contributed by atoms with Crippen molar-refractivity contribution in [1.29, 1.82) is 0 Å². The van der Waals surface area contributed by atoms with E-state index in [1.165, 1.54) is 0 Å². The van der Waals surface area contributed by atoms with E-state index >= 15 is 0 Å². The van der Waals surface area contributed by atoms with Crippen LogP contribution >= 0.6 is 0 Å². The van der Waals surface area contributed by atoms with Gasteiger partial charge >= 0.3 is 0 Å². The summed E-state index contributed by atoms with van der Waals surface area (Å²) in [4.78, 5) is 4.38. The van der Waals surface area contributed by atoms with E-state index in [1.54, 1.807) is 32.5 Å². The third-order valence-corrected chi connectivity index (χ3v) is 4.29. The van der Waals surface area contributed by atoms with Crippen LogP contribution in [0.25, 0.3) is 10.9 Å². The Morgan fingerprint density at radius 2 is 1.77 bits per heavy atom. The zero-order valence-corrected chi connectivity index (χ0v) is 15.1. The van der Waals surface area contributed by atoms with Crippen LogP contribution in [0.3, 0.4) is 0 Å². The van der Waals surface area contributed by atoms with Gasteiger partial charge in [-0.25, -0.2) is 0 Å². The number of benzene rings is 2. The summed E-state index contributed by atoms with van der Waals surface area (Å²) in [6.07, 6.45) is 1.73. The van der Waals surface area contributed by atoms with E-state index < -0.39 is 11.3 Å². The molecule has 1 unspecified atom stereocenters. The Balaban J connectivity index is 1.81. The van der Waals surface area contributed by atoms with Crippen molar-refractivity contribution in [3.8, 4) is 11.5 Å². The summed E-state index contributed by atoms with van der Waals surface area (Å²) < 4.78 is 34.3. The SMILES string of the molecule is COc1cc2nccc(NCc3ccc(NS(=O)[O-])cc3)c2cc1OC. The minimum absolute atomic E-state index is 0.522. The van der Waals surface area contributed by atoms with Crippen LogP contribution in [0.2, 0.25) is 0 Å². The first-order chi connectivity index (χ1) is 12.6. The molecule has 0 bridgehead atoms. The molecular formula is C18H18N3O4S-. The van der Waals surface area contributed by atoms with E-state index in [0.29, 0.717) is 23.7 Å². The topological polar surface area (TPSA) is 95.5 Å². The molecule has 0 saturated carbocycles. The highest BCUT2D eigenvalue weighted by Crippen LogP contribution is 2.34. The van der Waals surface area contributed by atoms with E-state index in [9.17, 15) is 8.76 Å². The van der Waals surface area contributed by atoms with Gasteiger partial charge in [-0.1, -0.05) is 12.1 Å². The molecule has 0 spiro atoms. The van der Waals surface area contributed by atoms with Gasteiger partial charge in [-0.3, -0.25) is 9.19 Å². The minimum Gasteiger partial charge on any atom is -0.755 e.